The van der Waals surface area contributed by atoms with Gasteiger partial charge in [-0.05, 0) is 67.7 Å². The molecular formula is C22H26FN3S. The van der Waals surface area contributed by atoms with E-state index in [9.17, 15) is 4.39 Å². The first kappa shape index (κ1) is 18.4. The smallest absolute Gasteiger partial charge is 0.170 e. The summed E-state index contributed by atoms with van der Waals surface area (Å²) < 4.78 is 13.0. The van der Waals surface area contributed by atoms with Crippen LogP contribution in [0.4, 0.5) is 10.1 Å². The van der Waals surface area contributed by atoms with E-state index in [-0.39, 0.29) is 5.82 Å². The Hall–Kier alpha value is -1.98. The normalized spacial score (nSPS) is 25.0. The summed E-state index contributed by atoms with van der Waals surface area (Å²) in [6.07, 6.45) is 6.09. The maximum Gasteiger partial charge on any atom is 0.170 e. The van der Waals surface area contributed by atoms with Gasteiger partial charge in [0, 0.05) is 30.4 Å². The van der Waals surface area contributed by atoms with Crippen molar-refractivity contribution in [3.05, 3.63) is 66.0 Å². The van der Waals surface area contributed by atoms with Crippen LogP contribution in [0.5, 0.6) is 0 Å². The fourth-order valence-corrected chi connectivity index (χ4v) is 4.82. The molecule has 5 heteroatoms. The van der Waals surface area contributed by atoms with Gasteiger partial charge in [0.2, 0.25) is 0 Å². The minimum Gasteiger partial charge on any atom is -0.360 e. The van der Waals surface area contributed by atoms with E-state index in [1.807, 2.05) is 0 Å². The Kier molecular flexibility index (Phi) is 5.69. The van der Waals surface area contributed by atoms with E-state index in [0.717, 1.165) is 25.1 Å². The van der Waals surface area contributed by atoms with Crippen LogP contribution >= 0.6 is 12.2 Å². The lowest BCUT2D eigenvalue weighted by Crippen LogP contribution is -2.56. The van der Waals surface area contributed by atoms with E-state index < -0.39 is 0 Å². The quantitative estimate of drug-likeness (QED) is 0.749. The van der Waals surface area contributed by atoms with Crippen LogP contribution in [-0.4, -0.2) is 28.1 Å². The zero-order valence-corrected chi connectivity index (χ0v) is 16.2. The average Bonchev–Trinajstić information content (AvgIpc) is 2.65. The Labute approximate surface area is 166 Å². The zero-order chi connectivity index (χ0) is 18.6. The van der Waals surface area contributed by atoms with Gasteiger partial charge in [0.15, 0.2) is 5.11 Å². The topological polar surface area (TPSA) is 27.3 Å². The Morgan fingerprint density at radius 2 is 1.67 bits per heavy atom. The largest absolute Gasteiger partial charge is 0.360 e. The number of halogens is 1. The highest BCUT2D eigenvalue weighted by molar-refractivity contribution is 7.80. The molecular weight excluding hydrogens is 357 g/mol. The molecule has 2 aromatic carbocycles. The molecule has 2 N–H and O–H groups in total. The summed E-state index contributed by atoms with van der Waals surface area (Å²) in [7, 11) is 0. The first-order valence-electron chi connectivity index (χ1n) is 9.80. The molecule has 0 amide bonds. The van der Waals surface area contributed by atoms with E-state index in [4.69, 9.17) is 12.2 Å². The Morgan fingerprint density at radius 3 is 2.33 bits per heavy atom. The lowest BCUT2D eigenvalue weighted by atomic mass is 9.81. The predicted octanol–water partition coefficient (Wildman–Crippen LogP) is 4.70. The van der Waals surface area contributed by atoms with E-state index >= 15 is 0 Å². The molecule has 2 bridgehead atoms. The van der Waals surface area contributed by atoms with Gasteiger partial charge < -0.3 is 10.6 Å². The third-order valence-electron chi connectivity index (χ3n) is 5.77. The van der Waals surface area contributed by atoms with Crippen molar-refractivity contribution < 1.29 is 4.39 Å². The number of rotatable bonds is 4. The Balaban J connectivity index is 1.35. The molecule has 2 aliphatic rings. The first-order chi connectivity index (χ1) is 13.2. The van der Waals surface area contributed by atoms with Crippen LogP contribution in [-0.2, 0) is 6.54 Å². The molecule has 27 heavy (non-hydrogen) atoms. The molecule has 2 saturated heterocycles. The fraction of sp³-hybridized carbons (Fsp3) is 0.409. The van der Waals surface area contributed by atoms with Crippen LogP contribution in [0.3, 0.4) is 0 Å². The van der Waals surface area contributed by atoms with Gasteiger partial charge >= 0.3 is 0 Å². The SMILES string of the molecule is Fc1ccc(NC(=S)NC2C[C@@H]3CCC[C@@H](C2)N3Cc2ccccc2)cc1. The van der Waals surface area contributed by atoms with Crippen LogP contribution < -0.4 is 10.6 Å². The van der Waals surface area contributed by atoms with Crippen molar-refractivity contribution in [1.82, 2.24) is 10.2 Å². The van der Waals surface area contributed by atoms with E-state index in [0.29, 0.717) is 23.2 Å². The lowest BCUT2D eigenvalue weighted by Gasteiger charge is -2.49. The molecule has 2 aromatic rings. The molecule has 2 heterocycles. The zero-order valence-electron chi connectivity index (χ0n) is 15.4. The second-order valence-corrected chi connectivity index (χ2v) is 8.08. The number of hydrogen-bond donors (Lipinski definition) is 2. The number of benzene rings is 2. The van der Waals surface area contributed by atoms with Crippen molar-refractivity contribution in [3.8, 4) is 0 Å². The number of piperidine rings is 2. The van der Waals surface area contributed by atoms with Crippen molar-refractivity contribution >= 4 is 23.0 Å². The van der Waals surface area contributed by atoms with Crippen LogP contribution in [0, 0.1) is 5.82 Å². The molecule has 4 rings (SSSR count). The van der Waals surface area contributed by atoms with Gasteiger partial charge in [-0.3, -0.25) is 4.90 Å². The monoisotopic (exact) mass is 383 g/mol. The van der Waals surface area contributed by atoms with Crippen LogP contribution in [0.2, 0.25) is 0 Å². The third kappa shape index (κ3) is 4.66. The third-order valence-corrected chi connectivity index (χ3v) is 5.99. The number of fused-ring (bicyclic) bond motifs is 2. The maximum atomic E-state index is 13.0. The van der Waals surface area contributed by atoms with Crippen molar-refractivity contribution in [3.63, 3.8) is 0 Å². The lowest BCUT2D eigenvalue weighted by molar-refractivity contribution is 0.0212. The summed E-state index contributed by atoms with van der Waals surface area (Å²) in [4.78, 5) is 2.70. The molecule has 0 radical (unpaired) electrons. The second-order valence-electron chi connectivity index (χ2n) is 7.67. The second kappa shape index (κ2) is 8.36. The van der Waals surface area contributed by atoms with Gasteiger partial charge in [0.25, 0.3) is 0 Å². The van der Waals surface area contributed by atoms with Crippen LogP contribution in [0.1, 0.15) is 37.7 Å². The number of thiocarbonyl (C=S) groups is 1. The van der Waals surface area contributed by atoms with E-state index in [2.05, 4.69) is 45.9 Å². The van der Waals surface area contributed by atoms with Gasteiger partial charge in [-0.1, -0.05) is 36.8 Å². The molecule has 0 aliphatic carbocycles. The summed E-state index contributed by atoms with van der Waals surface area (Å²) in [5, 5.41) is 7.29. The van der Waals surface area contributed by atoms with Gasteiger partial charge in [-0.25, -0.2) is 4.39 Å². The summed E-state index contributed by atoms with van der Waals surface area (Å²) >= 11 is 5.49. The van der Waals surface area contributed by atoms with E-state index in [1.54, 1.807) is 12.1 Å². The van der Waals surface area contributed by atoms with Gasteiger partial charge in [0.1, 0.15) is 5.82 Å². The molecule has 0 unspecified atom stereocenters. The number of hydrogen-bond acceptors (Lipinski definition) is 2. The fourth-order valence-electron chi connectivity index (χ4n) is 4.53. The maximum absolute atomic E-state index is 13.0. The minimum atomic E-state index is -0.238. The summed E-state index contributed by atoms with van der Waals surface area (Å²) in [5.74, 6) is -0.238. The van der Waals surface area contributed by atoms with E-state index in [1.165, 1.54) is 37.0 Å². The molecule has 0 aromatic heterocycles. The van der Waals surface area contributed by atoms with Crippen LogP contribution in [0.15, 0.2) is 54.6 Å². The van der Waals surface area contributed by atoms with Gasteiger partial charge in [-0.2, -0.15) is 0 Å². The Morgan fingerprint density at radius 1 is 1.00 bits per heavy atom. The van der Waals surface area contributed by atoms with Crippen molar-refractivity contribution in [1.29, 1.82) is 0 Å². The highest BCUT2D eigenvalue weighted by Gasteiger charge is 2.38. The van der Waals surface area contributed by atoms with Gasteiger partial charge in [0.05, 0.1) is 0 Å². The summed E-state index contributed by atoms with van der Waals surface area (Å²) in [5.41, 5.74) is 2.21. The molecule has 0 saturated carbocycles. The summed E-state index contributed by atoms with van der Waals surface area (Å²) in [6, 6.07) is 18.7. The predicted molar refractivity (Wildman–Crippen MR) is 112 cm³/mol. The molecule has 142 valence electrons. The summed E-state index contributed by atoms with van der Waals surface area (Å²) in [6.45, 7) is 1.04. The average molecular weight is 384 g/mol. The standard InChI is InChI=1S/C22H26FN3S/c23-17-9-11-18(12-10-17)24-22(27)25-19-13-20-7-4-8-21(14-19)26(20)15-16-5-2-1-3-6-16/h1-3,5-6,9-12,19-21H,4,7-8,13-15H2,(H2,24,25,27)/t20-,21-/m0/s1. The number of nitrogens with one attached hydrogen (secondary N) is 2. The highest BCUT2D eigenvalue weighted by atomic mass is 32.1. The minimum absolute atomic E-state index is 0.238. The molecule has 2 fully saturated rings. The molecule has 2 atom stereocenters. The molecule has 0 spiro atoms. The Bertz CT molecular complexity index is 751. The van der Waals surface area contributed by atoms with Crippen molar-refractivity contribution in [2.75, 3.05) is 5.32 Å². The number of nitrogens with zero attached hydrogens (tertiary/aromatic N) is 1. The molecule has 2 aliphatic heterocycles. The number of anilines is 1. The van der Waals surface area contributed by atoms with Crippen molar-refractivity contribution in [2.24, 2.45) is 0 Å². The van der Waals surface area contributed by atoms with Gasteiger partial charge in [-0.15, -0.1) is 0 Å². The van der Waals surface area contributed by atoms with Crippen molar-refractivity contribution in [2.45, 2.75) is 56.8 Å². The molecule has 3 nitrogen and oxygen atoms in total. The van der Waals surface area contributed by atoms with Crippen LogP contribution in [0.25, 0.3) is 0 Å². The highest BCUT2D eigenvalue weighted by Crippen LogP contribution is 2.35. The first-order valence-corrected chi connectivity index (χ1v) is 10.2.